The summed E-state index contributed by atoms with van der Waals surface area (Å²) in [7, 11) is -4.74. The summed E-state index contributed by atoms with van der Waals surface area (Å²) in [5.41, 5.74) is 0.0431. The van der Waals surface area contributed by atoms with Gasteiger partial charge in [-0.15, -0.1) is 0 Å². The van der Waals surface area contributed by atoms with Crippen molar-refractivity contribution < 1.29 is 26.4 Å². The van der Waals surface area contributed by atoms with E-state index in [0.29, 0.717) is 17.6 Å². The topological polar surface area (TPSA) is 81.1 Å². The lowest BCUT2D eigenvalue weighted by Crippen LogP contribution is -2.32. The highest BCUT2D eigenvalue weighted by molar-refractivity contribution is 7.90. The molecule has 2 aromatic carbocycles. The molecule has 32 heavy (non-hydrogen) atoms. The first-order chi connectivity index (χ1) is 15.1. The van der Waals surface area contributed by atoms with Crippen molar-refractivity contribution >= 4 is 27.0 Å². The zero-order chi connectivity index (χ0) is 23.1. The number of benzene rings is 2. The number of hydrogen-bond donors (Lipinski definition) is 1. The first-order valence-corrected chi connectivity index (χ1v) is 11.8. The van der Waals surface area contributed by atoms with E-state index >= 15 is 0 Å². The second kappa shape index (κ2) is 8.23. The highest BCUT2D eigenvalue weighted by atomic mass is 32.2. The van der Waals surface area contributed by atoms with Gasteiger partial charge in [-0.05, 0) is 50.1 Å². The third kappa shape index (κ3) is 4.23. The molecule has 1 heterocycles. The van der Waals surface area contributed by atoms with Crippen molar-refractivity contribution in [3.8, 4) is 0 Å². The van der Waals surface area contributed by atoms with E-state index in [0.717, 1.165) is 49.2 Å². The van der Waals surface area contributed by atoms with Crippen molar-refractivity contribution in [1.82, 2.24) is 14.3 Å². The number of carbonyl (C=O) groups is 1. The van der Waals surface area contributed by atoms with Gasteiger partial charge in [0.25, 0.3) is 15.9 Å². The number of imidazole rings is 1. The fourth-order valence-corrected chi connectivity index (χ4v) is 5.53. The van der Waals surface area contributed by atoms with Crippen molar-refractivity contribution in [2.75, 3.05) is 0 Å². The van der Waals surface area contributed by atoms with E-state index in [1.807, 2.05) is 6.92 Å². The lowest BCUT2D eigenvalue weighted by atomic mass is 9.95. The molecule has 1 aliphatic rings. The van der Waals surface area contributed by atoms with Gasteiger partial charge < -0.3 is 4.57 Å². The third-order valence-corrected chi connectivity index (χ3v) is 7.17. The third-order valence-electron chi connectivity index (χ3n) is 5.78. The Morgan fingerprint density at radius 2 is 1.78 bits per heavy atom. The van der Waals surface area contributed by atoms with Gasteiger partial charge in [-0.1, -0.05) is 31.4 Å². The summed E-state index contributed by atoms with van der Waals surface area (Å²) in [5.74, 6) is -0.218. The molecule has 0 saturated heterocycles. The maximum atomic E-state index is 13.2. The maximum absolute atomic E-state index is 13.2. The van der Waals surface area contributed by atoms with Gasteiger partial charge >= 0.3 is 6.18 Å². The van der Waals surface area contributed by atoms with Gasteiger partial charge in [-0.3, -0.25) is 4.79 Å². The summed E-state index contributed by atoms with van der Waals surface area (Å²) in [5, 5.41) is 0. The van der Waals surface area contributed by atoms with Crippen molar-refractivity contribution in [1.29, 1.82) is 0 Å². The molecule has 170 valence electrons. The van der Waals surface area contributed by atoms with Crippen LogP contribution in [0.2, 0.25) is 0 Å². The predicted octanol–water partition coefficient (Wildman–Crippen LogP) is 4.99. The first kappa shape index (κ1) is 22.3. The molecule has 0 bridgehead atoms. The molecule has 0 aliphatic heterocycles. The number of rotatable bonds is 4. The average molecular weight is 465 g/mol. The van der Waals surface area contributed by atoms with Crippen LogP contribution in [-0.2, 0) is 16.2 Å². The number of amides is 1. The van der Waals surface area contributed by atoms with E-state index in [9.17, 15) is 26.4 Å². The molecule has 10 heteroatoms. The molecule has 3 aromatic rings. The largest absolute Gasteiger partial charge is 0.417 e. The molecule has 0 atom stereocenters. The first-order valence-electron chi connectivity index (χ1n) is 10.3. The highest BCUT2D eigenvalue weighted by Crippen LogP contribution is 2.34. The molecule has 0 spiro atoms. The minimum atomic E-state index is -4.88. The Morgan fingerprint density at radius 1 is 1.09 bits per heavy atom. The standard InChI is InChI=1S/C22H22F3N3O3S/c1-14-26-18-13-15(11-12-19(18)28(14)16-7-3-2-4-8-16)21(29)27-32(30,31)20-10-6-5-9-17(20)22(23,24)25/h5-6,9-13,16H,2-4,7-8H2,1H3,(H,27,29). The van der Waals surface area contributed by atoms with Crippen molar-refractivity contribution in [3.63, 3.8) is 0 Å². The van der Waals surface area contributed by atoms with Crippen LogP contribution in [-0.4, -0.2) is 23.9 Å². The minimum Gasteiger partial charge on any atom is -0.325 e. The molecule has 1 aromatic heterocycles. The molecule has 0 unspecified atom stereocenters. The number of aryl methyl sites for hydroxylation is 1. The average Bonchev–Trinajstić information content (AvgIpc) is 3.08. The van der Waals surface area contributed by atoms with Crippen LogP contribution in [0.25, 0.3) is 11.0 Å². The van der Waals surface area contributed by atoms with Crippen LogP contribution in [0.5, 0.6) is 0 Å². The molecule has 1 fully saturated rings. The van der Waals surface area contributed by atoms with Crippen LogP contribution < -0.4 is 4.72 Å². The lowest BCUT2D eigenvalue weighted by Gasteiger charge is -2.25. The van der Waals surface area contributed by atoms with Crippen LogP contribution >= 0.6 is 0 Å². The number of fused-ring (bicyclic) bond motifs is 1. The number of hydrogen-bond acceptors (Lipinski definition) is 4. The Kier molecular flexibility index (Phi) is 5.74. The minimum absolute atomic E-state index is 0.00106. The number of carbonyl (C=O) groups excluding carboxylic acids is 1. The van der Waals surface area contributed by atoms with Gasteiger partial charge in [0.05, 0.1) is 21.5 Å². The molecule has 1 aliphatic carbocycles. The maximum Gasteiger partial charge on any atom is 0.417 e. The molecule has 1 amide bonds. The summed E-state index contributed by atoms with van der Waals surface area (Å²) in [6.07, 6.45) is 0.703. The number of halogens is 3. The van der Waals surface area contributed by atoms with Crippen LogP contribution in [0.4, 0.5) is 13.2 Å². The SMILES string of the molecule is Cc1nc2cc(C(=O)NS(=O)(=O)c3ccccc3C(F)(F)F)ccc2n1C1CCCCC1. The van der Waals surface area contributed by atoms with Gasteiger partial charge in [0.1, 0.15) is 5.82 Å². The summed E-state index contributed by atoms with van der Waals surface area (Å²) >= 11 is 0. The Bertz CT molecular complexity index is 1280. The second-order valence-corrected chi connectivity index (χ2v) is 9.60. The van der Waals surface area contributed by atoms with Crippen molar-refractivity contribution in [2.24, 2.45) is 0 Å². The fraction of sp³-hybridized carbons (Fsp3) is 0.364. The number of sulfonamides is 1. The van der Waals surface area contributed by atoms with Gasteiger partial charge in [0.2, 0.25) is 0 Å². The normalized spacial score (nSPS) is 15.8. The van der Waals surface area contributed by atoms with E-state index in [2.05, 4.69) is 9.55 Å². The number of nitrogens with one attached hydrogen (secondary N) is 1. The van der Waals surface area contributed by atoms with E-state index in [-0.39, 0.29) is 5.56 Å². The summed E-state index contributed by atoms with van der Waals surface area (Å²) in [6.45, 7) is 1.88. The zero-order valence-corrected chi connectivity index (χ0v) is 18.1. The highest BCUT2D eigenvalue weighted by Gasteiger charge is 2.37. The number of alkyl halides is 3. The van der Waals surface area contributed by atoms with E-state index in [4.69, 9.17) is 0 Å². The second-order valence-electron chi connectivity index (χ2n) is 7.95. The predicted molar refractivity (Wildman–Crippen MR) is 113 cm³/mol. The van der Waals surface area contributed by atoms with E-state index < -0.39 is 32.6 Å². The van der Waals surface area contributed by atoms with E-state index in [1.54, 1.807) is 10.8 Å². The summed E-state index contributed by atoms with van der Waals surface area (Å²) in [6, 6.07) is 8.68. The number of aromatic nitrogens is 2. The Morgan fingerprint density at radius 3 is 2.47 bits per heavy atom. The summed E-state index contributed by atoms with van der Waals surface area (Å²) in [4.78, 5) is 16.1. The zero-order valence-electron chi connectivity index (χ0n) is 17.3. The molecule has 4 rings (SSSR count). The Labute approximate surface area is 183 Å². The molecule has 6 nitrogen and oxygen atoms in total. The van der Waals surface area contributed by atoms with Crippen molar-refractivity contribution in [2.45, 2.75) is 56.1 Å². The fourth-order valence-electron chi connectivity index (χ4n) is 4.33. The van der Waals surface area contributed by atoms with Crippen LogP contribution in [0.3, 0.4) is 0 Å². The smallest absolute Gasteiger partial charge is 0.325 e. The quantitative estimate of drug-likeness (QED) is 0.589. The molecule has 0 radical (unpaired) electrons. The van der Waals surface area contributed by atoms with Gasteiger partial charge in [0.15, 0.2) is 0 Å². The molecule has 1 N–H and O–H groups in total. The molecular weight excluding hydrogens is 443 g/mol. The monoisotopic (exact) mass is 465 g/mol. The number of nitrogens with zero attached hydrogens (tertiary/aromatic N) is 2. The Balaban J connectivity index is 1.64. The van der Waals surface area contributed by atoms with Gasteiger partial charge in [-0.25, -0.2) is 18.1 Å². The van der Waals surface area contributed by atoms with Crippen LogP contribution in [0.15, 0.2) is 47.4 Å². The van der Waals surface area contributed by atoms with Crippen LogP contribution in [0, 0.1) is 6.92 Å². The Hall–Kier alpha value is -2.88. The molecular formula is C22H22F3N3O3S. The molecule has 1 saturated carbocycles. The van der Waals surface area contributed by atoms with Crippen molar-refractivity contribution in [3.05, 3.63) is 59.4 Å². The van der Waals surface area contributed by atoms with Crippen LogP contribution in [0.1, 0.15) is 59.9 Å². The van der Waals surface area contributed by atoms with Gasteiger partial charge in [0, 0.05) is 11.6 Å². The summed E-state index contributed by atoms with van der Waals surface area (Å²) < 4.78 is 68.7. The lowest BCUT2D eigenvalue weighted by molar-refractivity contribution is -0.139. The van der Waals surface area contributed by atoms with Gasteiger partial charge in [-0.2, -0.15) is 13.2 Å². The van der Waals surface area contributed by atoms with E-state index in [1.165, 1.54) is 24.6 Å².